The van der Waals surface area contributed by atoms with Gasteiger partial charge in [0.05, 0.1) is 11.6 Å². The van der Waals surface area contributed by atoms with Gasteiger partial charge >= 0.3 is 0 Å². The first-order valence-electron chi connectivity index (χ1n) is 7.69. The highest BCUT2D eigenvalue weighted by molar-refractivity contribution is 5.97. The molecule has 9 heteroatoms. The Morgan fingerprint density at radius 1 is 1.21 bits per heavy atom. The number of hydrogen-bond acceptors (Lipinski definition) is 5. The number of anilines is 1. The van der Waals surface area contributed by atoms with Crippen molar-refractivity contribution in [3.05, 3.63) is 23.9 Å². The molecule has 0 radical (unpaired) electrons. The SMILES string of the molecule is Cl.Cl.NC(=O)c1cccnc1N1CCN(C(=O)C2CCCN2)CC1. The smallest absolute Gasteiger partial charge is 0.252 e. The van der Waals surface area contributed by atoms with E-state index in [1.54, 1.807) is 18.3 Å². The van der Waals surface area contributed by atoms with Gasteiger partial charge in [-0.3, -0.25) is 9.59 Å². The molecular weight excluding hydrogens is 353 g/mol. The Hall–Kier alpha value is -1.57. The van der Waals surface area contributed by atoms with Gasteiger partial charge in [-0.2, -0.15) is 0 Å². The molecule has 0 spiro atoms. The number of nitrogens with one attached hydrogen (secondary N) is 1. The first-order valence-corrected chi connectivity index (χ1v) is 7.69. The minimum atomic E-state index is -0.475. The van der Waals surface area contributed by atoms with Crippen LogP contribution in [0.2, 0.25) is 0 Å². The summed E-state index contributed by atoms with van der Waals surface area (Å²) >= 11 is 0. The summed E-state index contributed by atoms with van der Waals surface area (Å²) in [5.74, 6) is 0.325. The van der Waals surface area contributed by atoms with Crippen LogP contribution in [-0.2, 0) is 4.79 Å². The molecule has 1 unspecified atom stereocenters. The highest BCUT2D eigenvalue weighted by Crippen LogP contribution is 2.19. The molecule has 7 nitrogen and oxygen atoms in total. The third-order valence-electron chi connectivity index (χ3n) is 4.30. The number of hydrogen-bond donors (Lipinski definition) is 2. The molecule has 3 N–H and O–H groups in total. The maximum Gasteiger partial charge on any atom is 0.252 e. The predicted octanol–water partition coefficient (Wildman–Crippen LogP) is 0.425. The maximum atomic E-state index is 12.4. The zero-order chi connectivity index (χ0) is 15.5. The molecule has 0 bridgehead atoms. The van der Waals surface area contributed by atoms with Crippen LogP contribution >= 0.6 is 24.8 Å². The van der Waals surface area contributed by atoms with E-state index in [9.17, 15) is 9.59 Å². The van der Waals surface area contributed by atoms with Crippen molar-refractivity contribution in [2.75, 3.05) is 37.6 Å². The largest absolute Gasteiger partial charge is 0.365 e. The first-order chi connectivity index (χ1) is 10.7. The van der Waals surface area contributed by atoms with Crippen LogP contribution < -0.4 is 16.0 Å². The Labute approximate surface area is 153 Å². The average Bonchev–Trinajstić information content (AvgIpc) is 3.09. The van der Waals surface area contributed by atoms with Crippen molar-refractivity contribution in [1.29, 1.82) is 0 Å². The number of halogens is 2. The Bertz CT molecular complexity index is 573. The van der Waals surface area contributed by atoms with Crippen molar-refractivity contribution in [3.8, 4) is 0 Å². The summed E-state index contributed by atoms with van der Waals surface area (Å²) in [6, 6.07) is 3.36. The molecule has 0 aromatic carbocycles. The molecule has 134 valence electrons. The Morgan fingerprint density at radius 2 is 1.92 bits per heavy atom. The summed E-state index contributed by atoms with van der Waals surface area (Å²) in [4.78, 5) is 32.1. The van der Waals surface area contributed by atoms with Crippen molar-refractivity contribution in [2.24, 2.45) is 5.73 Å². The van der Waals surface area contributed by atoms with Crippen molar-refractivity contribution in [2.45, 2.75) is 18.9 Å². The van der Waals surface area contributed by atoms with Gasteiger partial charge in [0, 0.05) is 32.4 Å². The molecule has 2 aliphatic heterocycles. The topological polar surface area (TPSA) is 91.6 Å². The van der Waals surface area contributed by atoms with E-state index >= 15 is 0 Å². The van der Waals surface area contributed by atoms with Crippen LogP contribution in [0.4, 0.5) is 5.82 Å². The van der Waals surface area contributed by atoms with Gasteiger partial charge in [-0.25, -0.2) is 4.98 Å². The normalized spacial score (nSPS) is 20.1. The van der Waals surface area contributed by atoms with Gasteiger partial charge in [-0.05, 0) is 31.5 Å². The molecule has 0 saturated carbocycles. The van der Waals surface area contributed by atoms with Gasteiger partial charge in [0.15, 0.2) is 0 Å². The van der Waals surface area contributed by atoms with Crippen molar-refractivity contribution in [1.82, 2.24) is 15.2 Å². The monoisotopic (exact) mass is 375 g/mol. The van der Waals surface area contributed by atoms with Crippen LogP contribution in [0.3, 0.4) is 0 Å². The minimum absolute atomic E-state index is 0. The van der Waals surface area contributed by atoms with E-state index in [-0.39, 0.29) is 36.8 Å². The summed E-state index contributed by atoms with van der Waals surface area (Å²) in [5.41, 5.74) is 5.83. The van der Waals surface area contributed by atoms with E-state index in [0.29, 0.717) is 37.6 Å². The fourth-order valence-corrected chi connectivity index (χ4v) is 3.10. The summed E-state index contributed by atoms with van der Waals surface area (Å²) in [6.45, 7) is 3.54. The number of piperazine rings is 1. The lowest BCUT2D eigenvalue weighted by Crippen LogP contribution is -2.53. The molecule has 0 aliphatic carbocycles. The van der Waals surface area contributed by atoms with E-state index < -0.39 is 5.91 Å². The van der Waals surface area contributed by atoms with E-state index in [0.717, 1.165) is 19.4 Å². The second-order valence-electron chi connectivity index (χ2n) is 5.70. The third kappa shape index (κ3) is 4.28. The van der Waals surface area contributed by atoms with Gasteiger partial charge in [0.2, 0.25) is 5.91 Å². The fourth-order valence-electron chi connectivity index (χ4n) is 3.10. The fraction of sp³-hybridized carbons (Fsp3) is 0.533. The lowest BCUT2D eigenvalue weighted by Gasteiger charge is -2.37. The summed E-state index contributed by atoms with van der Waals surface area (Å²) < 4.78 is 0. The predicted molar refractivity (Wildman–Crippen MR) is 97.1 cm³/mol. The number of rotatable bonds is 3. The summed E-state index contributed by atoms with van der Waals surface area (Å²) in [6.07, 6.45) is 3.64. The van der Waals surface area contributed by atoms with Crippen LogP contribution in [0.15, 0.2) is 18.3 Å². The average molecular weight is 376 g/mol. The molecule has 3 rings (SSSR count). The Kier molecular flexibility index (Phi) is 7.72. The number of carbonyl (C=O) groups excluding carboxylic acids is 2. The van der Waals surface area contributed by atoms with Gasteiger partial charge in [-0.15, -0.1) is 24.8 Å². The quantitative estimate of drug-likeness (QED) is 0.798. The van der Waals surface area contributed by atoms with Crippen LogP contribution in [0, 0.1) is 0 Å². The molecule has 1 atom stereocenters. The maximum absolute atomic E-state index is 12.4. The van der Waals surface area contributed by atoms with E-state index in [1.165, 1.54) is 0 Å². The number of nitrogens with two attached hydrogens (primary N) is 1. The lowest BCUT2D eigenvalue weighted by atomic mass is 10.1. The van der Waals surface area contributed by atoms with Crippen molar-refractivity contribution >= 4 is 42.4 Å². The van der Waals surface area contributed by atoms with Gasteiger partial charge in [-0.1, -0.05) is 0 Å². The van der Waals surface area contributed by atoms with Crippen LogP contribution in [0.25, 0.3) is 0 Å². The number of nitrogens with zero attached hydrogens (tertiary/aromatic N) is 3. The molecule has 2 fully saturated rings. The zero-order valence-corrected chi connectivity index (χ0v) is 14.9. The molecule has 2 amide bonds. The Balaban J connectivity index is 0.00000144. The summed E-state index contributed by atoms with van der Waals surface area (Å²) in [7, 11) is 0. The number of aromatic nitrogens is 1. The van der Waals surface area contributed by atoms with Gasteiger partial charge in [0.1, 0.15) is 5.82 Å². The number of carbonyl (C=O) groups is 2. The second kappa shape index (κ2) is 9.05. The molecule has 3 heterocycles. The van der Waals surface area contributed by atoms with E-state index in [4.69, 9.17) is 5.73 Å². The third-order valence-corrected chi connectivity index (χ3v) is 4.30. The number of primary amides is 1. The molecule has 24 heavy (non-hydrogen) atoms. The number of pyridine rings is 1. The zero-order valence-electron chi connectivity index (χ0n) is 13.3. The van der Waals surface area contributed by atoms with Crippen molar-refractivity contribution in [3.63, 3.8) is 0 Å². The first kappa shape index (κ1) is 20.5. The second-order valence-corrected chi connectivity index (χ2v) is 5.70. The minimum Gasteiger partial charge on any atom is -0.365 e. The number of amides is 2. The summed E-state index contributed by atoms with van der Waals surface area (Å²) in [5, 5.41) is 3.24. The van der Waals surface area contributed by atoms with Crippen LogP contribution in [0.5, 0.6) is 0 Å². The highest BCUT2D eigenvalue weighted by atomic mass is 35.5. The van der Waals surface area contributed by atoms with Gasteiger partial charge in [0.25, 0.3) is 5.91 Å². The molecule has 1 aromatic heterocycles. The standard InChI is InChI=1S/C15H21N5O2.2ClH/c16-13(21)11-3-1-6-18-14(11)19-7-9-20(10-8-19)15(22)12-4-2-5-17-12;;/h1,3,6,12,17H,2,4-5,7-10H2,(H2,16,21);2*1H. The lowest BCUT2D eigenvalue weighted by molar-refractivity contribution is -0.133. The highest BCUT2D eigenvalue weighted by Gasteiger charge is 2.30. The van der Waals surface area contributed by atoms with Gasteiger partial charge < -0.3 is 20.9 Å². The van der Waals surface area contributed by atoms with E-state index in [1.807, 2.05) is 9.80 Å². The van der Waals surface area contributed by atoms with Crippen LogP contribution in [-0.4, -0.2) is 60.5 Å². The Morgan fingerprint density at radius 3 is 2.50 bits per heavy atom. The van der Waals surface area contributed by atoms with Crippen molar-refractivity contribution < 1.29 is 9.59 Å². The molecule has 2 aliphatic rings. The van der Waals surface area contributed by atoms with E-state index in [2.05, 4.69) is 10.3 Å². The molecule has 1 aromatic rings. The molecule has 2 saturated heterocycles. The molecular formula is C15H23Cl2N5O2. The van der Waals surface area contributed by atoms with Crippen LogP contribution in [0.1, 0.15) is 23.2 Å².